The molecule has 0 unspecified atom stereocenters. The van der Waals surface area contributed by atoms with Gasteiger partial charge in [-0.25, -0.2) is 4.90 Å². The van der Waals surface area contributed by atoms with Gasteiger partial charge in [-0.15, -0.1) is 0 Å². The van der Waals surface area contributed by atoms with Gasteiger partial charge in [0, 0.05) is 5.56 Å². The number of carbonyl (C=O) groups is 2. The van der Waals surface area contributed by atoms with Crippen molar-refractivity contribution in [3.8, 4) is 11.5 Å². The number of aliphatic hydroxyl groups is 1. The van der Waals surface area contributed by atoms with Crippen LogP contribution in [0.5, 0.6) is 11.5 Å². The first-order chi connectivity index (χ1) is 12.1. The summed E-state index contributed by atoms with van der Waals surface area (Å²) in [6.07, 6.45) is 0. The molecule has 0 saturated carbocycles. The minimum Gasteiger partial charge on any atom is -0.502 e. The van der Waals surface area contributed by atoms with Gasteiger partial charge in [0.2, 0.25) is 0 Å². The Balaban J connectivity index is 2.09. The molecule has 0 radical (unpaired) electrons. The maximum Gasteiger partial charge on any atom is 0.301 e. The predicted molar refractivity (Wildman–Crippen MR) is 92.6 cm³/mol. The molecule has 1 N–H and O–H groups in total. The second-order valence-electron chi connectivity index (χ2n) is 5.27. The van der Waals surface area contributed by atoms with Crippen LogP contribution in [0, 0.1) is 0 Å². The largest absolute Gasteiger partial charge is 0.502 e. The molecule has 0 aromatic heterocycles. The van der Waals surface area contributed by atoms with Crippen LogP contribution in [0.3, 0.4) is 0 Å². The summed E-state index contributed by atoms with van der Waals surface area (Å²) in [4.78, 5) is 26.4. The van der Waals surface area contributed by atoms with Gasteiger partial charge < -0.3 is 14.6 Å². The summed E-state index contributed by atoms with van der Waals surface area (Å²) in [5, 5.41) is 10.3. The van der Waals surface area contributed by atoms with Gasteiger partial charge in [-0.3, -0.25) is 9.59 Å². The van der Waals surface area contributed by atoms with E-state index in [1.54, 1.807) is 55.5 Å². The second-order valence-corrected chi connectivity index (χ2v) is 5.27. The molecule has 3 rings (SSSR count). The number of anilines is 1. The summed E-state index contributed by atoms with van der Waals surface area (Å²) in [5.41, 5.74) is 0.557. The maximum atomic E-state index is 12.9. The third-order valence-corrected chi connectivity index (χ3v) is 3.84. The quantitative estimate of drug-likeness (QED) is 0.848. The molecule has 2 amide bonds. The van der Waals surface area contributed by atoms with Gasteiger partial charge in [0.25, 0.3) is 5.91 Å². The van der Waals surface area contributed by atoms with Gasteiger partial charge in [-0.2, -0.15) is 0 Å². The Kier molecular flexibility index (Phi) is 4.43. The average molecular weight is 339 g/mol. The van der Waals surface area contributed by atoms with Crippen LogP contribution in [0.1, 0.15) is 12.5 Å². The minimum absolute atomic E-state index is 0.0891. The number of nitrogens with zero attached hydrogens (tertiary/aromatic N) is 1. The van der Waals surface area contributed by atoms with Crippen LogP contribution in [-0.2, 0) is 9.59 Å². The lowest BCUT2D eigenvalue weighted by Gasteiger charge is -2.18. The van der Waals surface area contributed by atoms with Crippen LogP contribution in [-0.4, -0.2) is 30.6 Å². The van der Waals surface area contributed by atoms with Crippen molar-refractivity contribution in [2.75, 3.05) is 18.6 Å². The lowest BCUT2D eigenvalue weighted by molar-refractivity contribution is -0.121. The molecule has 2 aromatic rings. The Morgan fingerprint density at radius 1 is 0.960 bits per heavy atom. The van der Waals surface area contributed by atoms with Gasteiger partial charge >= 0.3 is 5.91 Å². The molecular weight excluding hydrogens is 322 g/mol. The Morgan fingerprint density at radius 2 is 1.60 bits per heavy atom. The fourth-order valence-electron chi connectivity index (χ4n) is 2.75. The van der Waals surface area contributed by atoms with E-state index in [0.29, 0.717) is 23.7 Å². The number of methoxy groups -OCH3 is 1. The smallest absolute Gasteiger partial charge is 0.301 e. The molecule has 25 heavy (non-hydrogen) atoms. The van der Waals surface area contributed by atoms with Crippen molar-refractivity contribution in [3.05, 3.63) is 59.9 Å². The first-order valence-corrected chi connectivity index (χ1v) is 7.77. The number of carbonyl (C=O) groups excluding carboxylic acids is 2. The van der Waals surface area contributed by atoms with Gasteiger partial charge in [-0.1, -0.05) is 30.3 Å². The number of hydrogen-bond donors (Lipinski definition) is 1. The molecule has 6 nitrogen and oxygen atoms in total. The van der Waals surface area contributed by atoms with Crippen LogP contribution < -0.4 is 14.4 Å². The van der Waals surface area contributed by atoms with Crippen molar-refractivity contribution in [1.82, 2.24) is 0 Å². The van der Waals surface area contributed by atoms with Crippen molar-refractivity contribution in [2.45, 2.75) is 6.92 Å². The number of rotatable bonds is 5. The Labute approximate surface area is 144 Å². The van der Waals surface area contributed by atoms with Gasteiger partial charge in [0.05, 0.1) is 25.0 Å². The number of hydrogen-bond acceptors (Lipinski definition) is 5. The summed E-state index contributed by atoms with van der Waals surface area (Å²) in [6.45, 7) is 2.19. The highest BCUT2D eigenvalue weighted by Gasteiger charge is 2.42. The lowest BCUT2D eigenvalue weighted by Crippen LogP contribution is -2.32. The third-order valence-electron chi connectivity index (χ3n) is 3.84. The first kappa shape index (κ1) is 16.6. The molecular formula is C19H17NO5. The number of amides is 2. The summed E-state index contributed by atoms with van der Waals surface area (Å²) >= 11 is 0. The van der Waals surface area contributed by atoms with E-state index in [9.17, 15) is 14.7 Å². The van der Waals surface area contributed by atoms with Gasteiger partial charge in [0.1, 0.15) is 11.5 Å². The van der Waals surface area contributed by atoms with Crippen LogP contribution in [0.15, 0.2) is 54.3 Å². The van der Waals surface area contributed by atoms with Crippen molar-refractivity contribution in [3.63, 3.8) is 0 Å². The second kappa shape index (κ2) is 6.68. The van der Waals surface area contributed by atoms with E-state index in [0.717, 1.165) is 4.90 Å². The topological polar surface area (TPSA) is 76.1 Å². The monoisotopic (exact) mass is 339 g/mol. The molecule has 1 aliphatic rings. The molecule has 0 spiro atoms. The lowest BCUT2D eigenvalue weighted by atomic mass is 10.0. The van der Waals surface area contributed by atoms with E-state index in [1.807, 2.05) is 0 Å². The molecule has 6 heteroatoms. The summed E-state index contributed by atoms with van der Waals surface area (Å²) < 4.78 is 10.7. The highest BCUT2D eigenvalue weighted by molar-refractivity contribution is 6.45. The van der Waals surface area contributed by atoms with E-state index in [4.69, 9.17) is 9.47 Å². The number of aliphatic hydroxyl groups excluding tert-OH is 1. The number of para-hydroxylation sites is 3. The Morgan fingerprint density at radius 3 is 2.28 bits per heavy atom. The Hall–Kier alpha value is -3.28. The SMILES string of the molecule is CCOc1ccccc1N1C(=O)C(O)=C(c2ccccc2OC)C1=O. The van der Waals surface area contributed by atoms with Crippen molar-refractivity contribution in [2.24, 2.45) is 0 Å². The van der Waals surface area contributed by atoms with Crippen LogP contribution >= 0.6 is 0 Å². The molecule has 0 aliphatic carbocycles. The molecule has 0 fully saturated rings. The average Bonchev–Trinajstić information content (AvgIpc) is 2.85. The first-order valence-electron chi connectivity index (χ1n) is 7.77. The van der Waals surface area contributed by atoms with E-state index >= 15 is 0 Å². The third kappa shape index (κ3) is 2.71. The summed E-state index contributed by atoms with van der Waals surface area (Å²) in [6, 6.07) is 13.4. The zero-order chi connectivity index (χ0) is 18.0. The highest BCUT2D eigenvalue weighted by Crippen LogP contribution is 2.38. The van der Waals surface area contributed by atoms with Crippen LogP contribution in [0.4, 0.5) is 5.69 Å². The fraction of sp³-hybridized carbons (Fsp3) is 0.158. The molecule has 1 heterocycles. The van der Waals surface area contributed by atoms with Crippen molar-refractivity contribution < 1.29 is 24.2 Å². The van der Waals surface area contributed by atoms with E-state index in [1.165, 1.54) is 7.11 Å². The number of benzene rings is 2. The van der Waals surface area contributed by atoms with E-state index < -0.39 is 17.6 Å². The highest BCUT2D eigenvalue weighted by atomic mass is 16.5. The van der Waals surface area contributed by atoms with Gasteiger partial charge in [0.15, 0.2) is 5.76 Å². The number of ether oxygens (including phenoxy) is 2. The predicted octanol–water partition coefficient (Wildman–Crippen LogP) is 2.94. The molecule has 0 atom stereocenters. The maximum absolute atomic E-state index is 12.9. The standard InChI is InChI=1S/C19H17NO5/c1-3-25-15-11-7-5-9-13(15)20-18(22)16(17(21)19(20)23)12-8-4-6-10-14(12)24-2/h4-11,21H,3H2,1-2H3. The van der Waals surface area contributed by atoms with E-state index in [2.05, 4.69) is 0 Å². The zero-order valence-electron chi connectivity index (χ0n) is 13.9. The van der Waals surface area contributed by atoms with Crippen LogP contribution in [0.2, 0.25) is 0 Å². The van der Waals surface area contributed by atoms with Crippen LogP contribution in [0.25, 0.3) is 5.57 Å². The minimum atomic E-state index is -0.793. The summed E-state index contributed by atoms with van der Waals surface area (Å²) in [5.74, 6) is -1.25. The van der Waals surface area contributed by atoms with E-state index in [-0.39, 0.29) is 11.3 Å². The zero-order valence-corrected chi connectivity index (χ0v) is 13.9. The molecule has 0 saturated heterocycles. The summed E-state index contributed by atoms with van der Waals surface area (Å²) in [7, 11) is 1.46. The molecule has 1 aliphatic heterocycles. The molecule has 0 bridgehead atoms. The van der Waals surface area contributed by atoms with Crippen molar-refractivity contribution in [1.29, 1.82) is 0 Å². The fourth-order valence-corrected chi connectivity index (χ4v) is 2.75. The normalized spacial score (nSPS) is 14.2. The Bertz CT molecular complexity index is 872. The van der Waals surface area contributed by atoms with Crippen molar-refractivity contribution >= 4 is 23.1 Å². The number of imide groups is 1. The molecule has 2 aromatic carbocycles. The molecule has 128 valence electrons. The van der Waals surface area contributed by atoms with Gasteiger partial charge in [-0.05, 0) is 25.1 Å².